The Labute approximate surface area is 109 Å². The molecule has 3 rings (SSSR count). The normalized spacial score (nSPS) is 19.6. The standard InChI is InChI=1S/C14H13BrN2/c1-10-16-13-4-2-3-5-14(13)17(10)12-8-6-11(15)7-9-12/h2-8,12H,9H2,1H3. The number of aryl methyl sites for hydroxylation is 1. The van der Waals surface area contributed by atoms with Crippen molar-refractivity contribution in [1.29, 1.82) is 0 Å². The lowest BCUT2D eigenvalue weighted by Gasteiger charge is -2.18. The van der Waals surface area contributed by atoms with Crippen LogP contribution in [-0.4, -0.2) is 9.55 Å². The third-order valence-electron chi connectivity index (χ3n) is 3.14. The molecule has 1 aliphatic carbocycles. The summed E-state index contributed by atoms with van der Waals surface area (Å²) < 4.78 is 3.47. The monoisotopic (exact) mass is 288 g/mol. The molecule has 1 heterocycles. The largest absolute Gasteiger partial charge is 0.321 e. The van der Waals surface area contributed by atoms with Gasteiger partial charge in [0.25, 0.3) is 0 Å². The molecule has 0 amide bonds. The van der Waals surface area contributed by atoms with Gasteiger partial charge in [-0.05, 0) is 25.5 Å². The molecule has 1 atom stereocenters. The van der Waals surface area contributed by atoms with E-state index in [1.807, 2.05) is 6.07 Å². The number of aromatic nitrogens is 2. The summed E-state index contributed by atoms with van der Waals surface area (Å²) in [6.07, 6.45) is 7.56. The van der Waals surface area contributed by atoms with Gasteiger partial charge in [0.2, 0.25) is 0 Å². The van der Waals surface area contributed by atoms with E-state index in [9.17, 15) is 0 Å². The summed E-state index contributed by atoms with van der Waals surface area (Å²) in [5.74, 6) is 1.08. The number of nitrogens with zero attached hydrogens (tertiary/aromatic N) is 2. The molecule has 0 saturated heterocycles. The predicted octanol–water partition coefficient (Wildman–Crippen LogP) is 4.12. The van der Waals surface area contributed by atoms with Gasteiger partial charge >= 0.3 is 0 Å². The number of allylic oxidation sites excluding steroid dienone is 4. The molecule has 2 nitrogen and oxygen atoms in total. The van der Waals surface area contributed by atoms with E-state index in [0.717, 1.165) is 22.2 Å². The fraction of sp³-hybridized carbons (Fsp3) is 0.214. The minimum atomic E-state index is 0.378. The average Bonchev–Trinajstić information content (AvgIpc) is 2.66. The first-order valence-electron chi connectivity index (χ1n) is 5.73. The van der Waals surface area contributed by atoms with E-state index in [1.165, 1.54) is 5.52 Å². The smallest absolute Gasteiger partial charge is 0.107 e. The van der Waals surface area contributed by atoms with Gasteiger partial charge in [0.05, 0.1) is 17.1 Å². The molecule has 1 aromatic carbocycles. The summed E-state index contributed by atoms with van der Waals surface area (Å²) >= 11 is 3.50. The van der Waals surface area contributed by atoms with E-state index in [1.54, 1.807) is 0 Å². The quantitative estimate of drug-likeness (QED) is 0.772. The van der Waals surface area contributed by atoms with E-state index < -0.39 is 0 Å². The van der Waals surface area contributed by atoms with Crippen molar-refractivity contribution >= 4 is 27.0 Å². The molecule has 0 bridgehead atoms. The average molecular weight is 289 g/mol. The fourth-order valence-corrected chi connectivity index (χ4v) is 2.70. The van der Waals surface area contributed by atoms with E-state index >= 15 is 0 Å². The van der Waals surface area contributed by atoms with Crippen LogP contribution in [0.25, 0.3) is 11.0 Å². The summed E-state index contributed by atoms with van der Waals surface area (Å²) in [7, 11) is 0. The molecule has 1 unspecified atom stereocenters. The van der Waals surface area contributed by atoms with Crippen LogP contribution >= 0.6 is 15.9 Å². The number of rotatable bonds is 1. The van der Waals surface area contributed by atoms with Gasteiger partial charge in [0.1, 0.15) is 5.82 Å². The van der Waals surface area contributed by atoms with Gasteiger partial charge < -0.3 is 4.57 Å². The maximum absolute atomic E-state index is 4.60. The molecule has 17 heavy (non-hydrogen) atoms. The predicted molar refractivity (Wildman–Crippen MR) is 74.3 cm³/mol. The van der Waals surface area contributed by atoms with Crippen LogP contribution < -0.4 is 0 Å². The van der Waals surface area contributed by atoms with Crippen molar-refractivity contribution in [2.45, 2.75) is 19.4 Å². The van der Waals surface area contributed by atoms with Crippen molar-refractivity contribution in [1.82, 2.24) is 9.55 Å². The summed E-state index contributed by atoms with van der Waals surface area (Å²) in [5, 5.41) is 0. The molecule has 0 spiro atoms. The first-order valence-corrected chi connectivity index (χ1v) is 6.52. The number of hydrogen-bond acceptors (Lipinski definition) is 1. The zero-order chi connectivity index (χ0) is 11.8. The van der Waals surface area contributed by atoms with Crippen molar-refractivity contribution in [3.8, 4) is 0 Å². The van der Waals surface area contributed by atoms with Gasteiger partial charge in [-0.1, -0.05) is 46.3 Å². The van der Waals surface area contributed by atoms with Crippen LogP contribution in [0.3, 0.4) is 0 Å². The van der Waals surface area contributed by atoms with Crippen LogP contribution in [-0.2, 0) is 0 Å². The highest BCUT2D eigenvalue weighted by molar-refractivity contribution is 9.11. The van der Waals surface area contributed by atoms with E-state index in [2.05, 4.69) is 68.8 Å². The van der Waals surface area contributed by atoms with Crippen molar-refractivity contribution < 1.29 is 0 Å². The highest BCUT2D eigenvalue weighted by Crippen LogP contribution is 2.28. The molecular formula is C14H13BrN2. The second-order valence-electron chi connectivity index (χ2n) is 4.27. The molecule has 3 heteroatoms. The number of fused-ring (bicyclic) bond motifs is 1. The minimum absolute atomic E-state index is 0.378. The number of imidazole rings is 1. The highest BCUT2D eigenvalue weighted by atomic mass is 79.9. The second kappa shape index (κ2) is 4.15. The summed E-state index contributed by atoms with van der Waals surface area (Å²) in [6, 6.07) is 8.68. The van der Waals surface area contributed by atoms with Gasteiger partial charge in [0.15, 0.2) is 0 Å². The Morgan fingerprint density at radius 3 is 2.94 bits per heavy atom. The van der Waals surface area contributed by atoms with Crippen LogP contribution in [0.2, 0.25) is 0 Å². The Morgan fingerprint density at radius 1 is 1.35 bits per heavy atom. The Hall–Kier alpha value is -1.35. The van der Waals surface area contributed by atoms with E-state index in [-0.39, 0.29) is 0 Å². The van der Waals surface area contributed by atoms with Crippen LogP contribution in [0.5, 0.6) is 0 Å². The van der Waals surface area contributed by atoms with Crippen molar-refractivity contribution in [3.63, 3.8) is 0 Å². The van der Waals surface area contributed by atoms with Gasteiger partial charge in [0, 0.05) is 4.48 Å². The first kappa shape index (κ1) is 10.8. The molecule has 0 radical (unpaired) electrons. The molecule has 2 aromatic rings. The summed E-state index contributed by atoms with van der Waals surface area (Å²) in [4.78, 5) is 4.60. The van der Waals surface area contributed by atoms with Crippen LogP contribution in [0.4, 0.5) is 0 Å². The van der Waals surface area contributed by atoms with Crippen molar-refractivity contribution in [2.24, 2.45) is 0 Å². The number of hydrogen-bond donors (Lipinski definition) is 0. The Bertz CT molecular complexity index is 622. The minimum Gasteiger partial charge on any atom is -0.321 e. The number of benzene rings is 1. The van der Waals surface area contributed by atoms with E-state index in [0.29, 0.717) is 6.04 Å². The summed E-state index contributed by atoms with van der Waals surface area (Å²) in [5.41, 5.74) is 2.29. The molecular weight excluding hydrogens is 276 g/mol. The lowest BCUT2D eigenvalue weighted by molar-refractivity contribution is 0.606. The maximum atomic E-state index is 4.60. The maximum Gasteiger partial charge on any atom is 0.107 e. The van der Waals surface area contributed by atoms with Crippen LogP contribution in [0.1, 0.15) is 18.3 Å². The Kier molecular flexibility index (Phi) is 2.63. The third kappa shape index (κ3) is 1.84. The van der Waals surface area contributed by atoms with Crippen LogP contribution in [0.15, 0.2) is 47.0 Å². The van der Waals surface area contributed by atoms with Gasteiger partial charge in [-0.3, -0.25) is 0 Å². The summed E-state index contributed by atoms with van der Waals surface area (Å²) in [6.45, 7) is 2.07. The van der Waals surface area contributed by atoms with Crippen LogP contribution in [0, 0.1) is 6.92 Å². The van der Waals surface area contributed by atoms with Gasteiger partial charge in [-0.25, -0.2) is 4.98 Å². The zero-order valence-electron chi connectivity index (χ0n) is 9.60. The van der Waals surface area contributed by atoms with Gasteiger partial charge in [-0.2, -0.15) is 0 Å². The second-order valence-corrected chi connectivity index (χ2v) is 5.18. The van der Waals surface area contributed by atoms with E-state index in [4.69, 9.17) is 0 Å². The fourth-order valence-electron chi connectivity index (χ4n) is 2.36. The molecule has 0 N–H and O–H groups in total. The lowest BCUT2D eigenvalue weighted by Crippen LogP contribution is -2.09. The number of para-hydroxylation sites is 2. The topological polar surface area (TPSA) is 17.8 Å². The Morgan fingerprint density at radius 2 is 2.18 bits per heavy atom. The van der Waals surface area contributed by atoms with Gasteiger partial charge in [-0.15, -0.1) is 0 Å². The lowest BCUT2D eigenvalue weighted by atomic mass is 10.1. The molecule has 1 aliphatic rings. The van der Waals surface area contributed by atoms with Crippen molar-refractivity contribution in [3.05, 3.63) is 52.8 Å². The molecule has 0 aliphatic heterocycles. The molecule has 1 aromatic heterocycles. The zero-order valence-corrected chi connectivity index (χ0v) is 11.2. The molecule has 0 saturated carbocycles. The highest BCUT2D eigenvalue weighted by Gasteiger charge is 2.15. The van der Waals surface area contributed by atoms with Crippen molar-refractivity contribution in [2.75, 3.05) is 0 Å². The third-order valence-corrected chi connectivity index (χ3v) is 3.72. The number of halogens is 1. The molecule has 0 fully saturated rings. The SMILES string of the molecule is Cc1nc2ccccc2n1C1C=CC(Br)=CC1. The Balaban J connectivity index is 2.12. The first-order chi connectivity index (χ1) is 8.25. The molecule has 86 valence electrons.